The molecule has 1 rings (SSSR count). The first kappa shape index (κ1) is 14.9. The number of ether oxygens (including phenoxy) is 1. The van der Waals surface area contributed by atoms with Crippen molar-refractivity contribution in [2.75, 3.05) is 39.9 Å². The molecule has 0 spiro atoms. The van der Waals surface area contributed by atoms with E-state index in [9.17, 15) is 9.59 Å². The summed E-state index contributed by atoms with van der Waals surface area (Å²) in [7, 11) is 1.59. The molecule has 0 aromatic heterocycles. The standard InChI is InChI=1S/C12H23N3O3/c1-18-9-8-14-11(16)4-7-15-12(17)10-2-5-13-6-3-10/h10,13H,2-9H2,1H3,(H,14,16)(H,15,17). The van der Waals surface area contributed by atoms with Gasteiger partial charge in [-0.25, -0.2) is 0 Å². The monoisotopic (exact) mass is 257 g/mol. The summed E-state index contributed by atoms with van der Waals surface area (Å²) < 4.78 is 4.82. The highest BCUT2D eigenvalue weighted by atomic mass is 16.5. The quantitative estimate of drug-likeness (QED) is 0.525. The number of carbonyl (C=O) groups excluding carboxylic acids is 2. The molecule has 3 N–H and O–H groups in total. The molecular weight excluding hydrogens is 234 g/mol. The van der Waals surface area contributed by atoms with Gasteiger partial charge >= 0.3 is 0 Å². The van der Waals surface area contributed by atoms with Crippen LogP contribution in [0.3, 0.4) is 0 Å². The van der Waals surface area contributed by atoms with Crippen molar-refractivity contribution in [1.29, 1.82) is 0 Å². The molecule has 6 nitrogen and oxygen atoms in total. The molecule has 0 aromatic rings. The van der Waals surface area contributed by atoms with Gasteiger partial charge in [0, 0.05) is 32.5 Å². The van der Waals surface area contributed by atoms with Crippen LogP contribution in [0.4, 0.5) is 0 Å². The topological polar surface area (TPSA) is 79.5 Å². The third-order valence-corrected chi connectivity index (χ3v) is 2.99. The van der Waals surface area contributed by atoms with Crippen molar-refractivity contribution >= 4 is 11.8 Å². The second-order valence-electron chi connectivity index (χ2n) is 4.41. The Bertz CT molecular complexity index is 265. The van der Waals surface area contributed by atoms with E-state index < -0.39 is 0 Å². The Hall–Kier alpha value is -1.14. The van der Waals surface area contributed by atoms with E-state index in [0.717, 1.165) is 25.9 Å². The maximum absolute atomic E-state index is 11.7. The van der Waals surface area contributed by atoms with E-state index in [1.165, 1.54) is 0 Å². The molecule has 0 bridgehead atoms. The second-order valence-corrected chi connectivity index (χ2v) is 4.41. The molecule has 2 amide bonds. The molecule has 1 saturated heterocycles. The molecule has 104 valence electrons. The molecule has 1 aliphatic rings. The van der Waals surface area contributed by atoms with E-state index in [1.54, 1.807) is 7.11 Å². The lowest BCUT2D eigenvalue weighted by atomic mass is 9.97. The van der Waals surface area contributed by atoms with E-state index in [4.69, 9.17) is 4.74 Å². The number of hydrogen-bond donors (Lipinski definition) is 3. The van der Waals surface area contributed by atoms with Crippen LogP contribution in [0.5, 0.6) is 0 Å². The Morgan fingerprint density at radius 1 is 1.22 bits per heavy atom. The zero-order valence-corrected chi connectivity index (χ0v) is 11.0. The number of amides is 2. The van der Waals surface area contributed by atoms with Crippen molar-refractivity contribution in [3.8, 4) is 0 Å². The lowest BCUT2D eigenvalue weighted by Gasteiger charge is -2.21. The third-order valence-electron chi connectivity index (χ3n) is 2.99. The lowest BCUT2D eigenvalue weighted by molar-refractivity contribution is -0.126. The number of carbonyl (C=O) groups is 2. The molecule has 0 atom stereocenters. The van der Waals surface area contributed by atoms with Crippen LogP contribution in [0.25, 0.3) is 0 Å². The summed E-state index contributed by atoms with van der Waals surface area (Å²) >= 11 is 0. The normalized spacial score (nSPS) is 16.3. The Labute approximate surface area is 108 Å². The number of methoxy groups -OCH3 is 1. The van der Waals surface area contributed by atoms with Crippen LogP contribution >= 0.6 is 0 Å². The number of piperidine rings is 1. The highest BCUT2D eigenvalue weighted by Gasteiger charge is 2.20. The lowest BCUT2D eigenvalue weighted by Crippen LogP contribution is -2.39. The van der Waals surface area contributed by atoms with Gasteiger partial charge in [-0.15, -0.1) is 0 Å². The Kier molecular flexibility index (Phi) is 7.36. The van der Waals surface area contributed by atoms with Gasteiger partial charge in [0.2, 0.25) is 11.8 Å². The molecule has 1 aliphatic heterocycles. The van der Waals surface area contributed by atoms with Crippen LogP contribution in [0.1, 0.15) is 19.3 Å². The van der Waals surface area contributed by atoms with Gasteiger partial charge in [0.15, 0.2) is 0 Å². The predicted octanol–water partition coefficient (Wildman–Crippen LogP) is -0.745. The van der Waals surface area contributed by atoms with E-state index in [2.05, 4.69) is 16.0 Å². The Balaban J connectivity index is 2.05. The summed E-state index contributed by atoms with van der Waals surface area (Å²) in [6.45, 7) is 3.22. The summed E-state index contributed by atoms with van der Waals surface area (Å²) in [5, 5.41) is 8.74. The maximum Gasteiger partial charge on any atom is 0.223 e. The average Bonchev–Trinajstić information content (AvgIpc) is 2.40. The zero-order valence-electron chi connectivity index (χ0n) is 11.0. The highest BCUT2D eigenvalue weighted by molar-refractivity contribution is 5.80. The molecule has 1 fully saturated rings. The van der Waals surface area contributed by atoms with E-state index >= 15 is 0 Å². The van der Waals surface area contributed by atoms with Crippen LogP contribution in [0.2, 0.25) is 0 Å². The van der Waals surface area contributed by atoms with Crippen molar-refractivity contribution < 1.29 is 14.3 Å². The van der Waals surface area contributed by atoms with Crippen molar-refractivity contribution in [1.82, 2.24) is 16.0 Å². The Morgan fingerprint density at radius 3 is 2.61 bits per heavy atom. The van der Waals surface area contributed by atoms with Gasteiger partial charge in [-0.3, -0.25) is 9.59 Å². The number of nitrogens with one attached hydrogen (secondary N) is 3. The van der Waals surface area contributed by atoms with Gasteiger partial charge in [0.1, 0.15) is 0 Å². The van der Waals surface area contributed by atoms with Crippen LogP contribution in [-0.2, 0) is 14.3 Å². The Morgan fingerprint density at radius 2 is 1.94 bits per heavy atom. The van der Waals surface area contributed by atoms with Crippen molar-refractivity contribution in [2.45, 2.75) is 19.3 Å². The molecule has 0 unspecified atom stereocenters. The van der Waals surface area contributed by atoms with Gasteiger partial charge in [0.05, 0.1) is 6.61 Å². The van der Waals surface area contributed by atoms with Crippen LogP contribution in [-0.4, -0.2) is 51.7 Å². The van der Waals surface area contributed by atoms with Gasteiger partial charge in [0.25, 0.3) is 0 Å². The molecule has 0 aliphatic carbocycles. The molecule has 0 aromatic carbocycles. The van der Waals surface area contributed by atoms with Gasteiger partial charge < -0.3 is 20.7 Å². The molecule has 6 heteroatoms. The molecular formula is C12H23N3O3. The summed E-state index contributed by atoms with van der Waals surface area (Å²) in [5.41, 5.74) is 0. The average molecular weight is 257 g/mol. The fourth-order valence-electron chi connectivity index (χ4n) is 1.91. The molecule has 1 heterocycles. The summed E-state index contributed by atoms with van der Waals surface area (Å²) in [6.07, 6.45) is 2.08. The fourth-order valence-corrected chi connectivity index (χ4v) is 1.91. The predicted molar refractivity (Wildman–Crippen MR) is 68.1 cm³/mol. The second kappa shape index (κ2) is 8.88. The third kappa shape index (κ3) is 5.97. The van der Waals surface area contributed by atoms with Crippen molar-refractivity contribution in [3.05, 3.63) is 0 Å². The van der Waals surface area contributed by atoms with Gasteiger partial charge in [-0.1, -0.05) is 0 Å². The smallest absolute Gasteiger partial charge is 0.223 e. The van der Waals surface area contributed by atoms with Crippen LogP contribution in [0, 0.1) is 5.92 Å². The van der Waals surface area contributed by atoms with E-state index in [1.807, 2.05) is 0 Å². The van der Waals surface area contributed by atoms with Gasteiger partial charge in [-0.2, -0.15) is 0 Å². The van der Waals surface area contributed by atoms with Crippen molar-refractivity contribution in [3.63, 3.8) is 0 Å². The molecule has 0 radical (unpaired) electrons. The van der Waals surface area contributed by atoms with Gasteiger partial charge in [-0.05, 0) is 25.9 Å². The fraction of sp³-hybridized carbons (Fsp3) is 0.833. The minimum atomic E-state index is -0.0577. The number of hydrogen-bond acceptors (Lipinski definition) is 4. The molecule has 0 saturated carbocycles. The van der Waals surface area contributed by atoms with E-state index in [-0.39, 0.29) is 17.7 Å². The first-order chi connectivity index (χ1) is 8.74. The summed E-state index contributed by atoms with van der Waals surface area (Å²) in [6, 6.07) is 0. The largest absolute Gasteiger partial charge is 0.383 e. The van der Waals surface area contributed by atoms with Crippen LogP contribution in [0.15, 0.2) is 0 Å². The summed E-state index contributed by atoms with van der Waals surface area (Å²) in [5.74, 6) is 0.113. The first-order valence-electron chi connectivity index (χ1n) is 6.48. The van der Waals surface area contributed by atoms with Crippen LogP contribution < -0.4 is 16.0 Å². The molecule has 18 heavy (non-hydrogen) atoms. The SMILES string of the molecule is COCCNC(=O)CCNC(=O)C1CCNCC1. The minimum absolute atomic E-state index is 0.0577. The maximum atomic E-state index is 11.7. The highest BCUT2D eigenvalue weighted by Crippen LogP contribution is 2.10. The zero-order chi connectivity index (χ0) is 13.2. The van der Waals surface area contributed by atoms with E-state index in [0.29, 0.717) is 26.1 Å². The minimum Gasteiger partial charge on any atom is -0.383 e. The first-order valence-corrected chi connectivity index (χ1v) is 6.48. The summed E-state index contributed by atoms with van der Waals surface area (Å²) in [4.78, 5) is 23.1. The van der Waals surface area contributed by atoms with Crippen molar-refractivity contribution in [2.24, 2.45) is 5.92 Å². The number of rotatable bonds is 7.